The maximum absolute atomic E-state index is 9.22. The third-order valence-electron chi connectivity index (χ3n) is 4.82. The Hall–Kier alpha value is 0.240. The van der Waals surface area contributed by atoms with E-state index in [0.717, 1.165) is 24.7 Å². The van der Waals surface area contributed by atoms with Crippen LogP contribution in [0.25, 0.3) is 0 Å². The first-order valence-corrected chi connectivity index (χ1v) is 6.91. The first-order valence-electron chi connectivity index (χ1n) is 6.16. The van der Waals surface area contributed by atoms with Crippen LogP contribution in [-0.4, -0.2) is 11.2 Å². The zero-order valence-electron chi connectivity index (χ0n) is 9.13. The van der Waals surface area contributed by atoms with E-state index in [0.29, 0.717) is 16.3 Å². The van der Waals surface area contributed by atoms with E-state index in [-0.39, 0.29) is 6.04 Å². The van der Waals surface area contributed by atoms with Crippen LogP contribution in [0.1, 0.15) is 32.1 Å². The lowest BCUT2D eigenvalue weighted by molar-refractivity contribution is 0.0372. The first kappa shape index (κ1) is 11.3. The molecule has 4 heteroatoms. The van der Waals surface area contributed by atoms with Crippen molar-refractivity contribution >= 4 is 23.2 Å². The lowest BCUT2D eigenvalue weighted by atomic mass is 9.67. The van der Waals surface area contributed by atoms with Crippen LogP contribution in [0.2, 0.25) is 0 Å². The van der Waals surface area contributed by atoms with Gasteiger partial charge in [0, 0.05) is 6.04 Å². The highest BCUT2D eigenvalue weighted by Gasteiger charge is 2.54. The van der Waals surface area contributed by atoms with Gasteiger partial charge in [-0.1, -0.05) is 29.6 Å². The molecule has 3 rings (SSSR count). The van der Waals surface area contributed by atoms with Crippen molar-refractivity contribution in [2.75, 3.05) is 0 Å². The van der Waals surface area contributed by atoms with Crippen LogP contribution < -0.4 is 5.48 Å². The Morgan fingerprint density at radius 2 is 2.00 bits per heavy atom. The molecule has 0 aromatic rings. The molecule has 2 nitrogen and oxygen atoms in total. The molecule has 90 valence electrons. The first-order chi connectivity index (χ1) is 7.72. The Labute approximate surface area is 106 Å². The largest absolute Gasteiger partial charge is 0.317 e. The smallest absolute Gasteiger partial charge is 0.106 e. The monoisotopic (exact) mass is 261 g/mol. The van der Waals surface area contributed by atoms with Gasteiger partial charge in [0.15, 0.2) is 0 Å². The second-order valence-corrected chi connectivity index (χ2v) is 6.44. The van der Waals surface area contributed by atoms with Gasteiger partial charge in [0.25, 0.3) is 0 Å². The zero-order chi connectivity index (χ0) is 11.3. The maximum atomic E-state index is 9.22. The van der Waals surface area contributed by atoms with E-state index in [1.54, 1.807) is 0 Å². The minimum absolute atomic E-state index is 0.239. The standard InChI is InChI=1S/C12H17Cl2NO/c13-12(14)10-5-9-6(7-4-8(7)10)2-1-3-11(9)15-16/h6-9,11,15-16H,1-5H2. The van der Waals surface area contributed by atoms with Crippen molar-refractivity contribution in [3.05, 3.63) is 10.1 Å². The number of hydroxylamine groups is 1. The number of halogens is 2. The second kappa shape index (κ2) is 4.16. The molecular formula is C12H17Cl2NO. The quantitative estimate of drug-likeness (QED) is 0.709. The summed E-state index contributed by atoms with van der Waals surface area (Å²) >= 11 is 11.9. The molecule has 0 aromatic carbocycles. The van der Waals surface area contributed by atoms with Crippen LogP contribution in [0, 0.1) is 23.7 Å². The number of rotatable bonds is 1. The van der Waals surface area contributed by atoms with Crippen molar-refractivity contribution in [1.29, 1.82) is 0 Å². The lowest BCUT2D eigenvalue weighted by Gasteiger charge is -2.41. The molecule has 16 heavy (non-hydrogen) atoms. The molecule has 0 bridgehead atoms. The molecule has 3 saturated carbocycles. The van der Waals surface area contributed by atoms with E-state index in [2.05, 4.69) is 5.48 Å². The second-order valence-electron chi connectivity index (χ2n) is 5.49. The summed E-state index contributed by atoms with van der Waals surface area (Å²) in [5, 5.41) is 9.22. The van der Waals surface area contributed by atoms with Crippen LogP contribution in [-0.2, 0) is 0 Å². The highest BCUT2D eigenvalue weighted by Crippen LogP contribution is 2.61. The molecule has 0 saturated heterocycles. The molecule has 5 unspecified atom stereocenters. The minimum Gasteiger partial charge on any atom is -0.317 e. The highest BCUT2D eigenvalue weighted by molar-refractivity contribution is 6.56. The van der Waals surface area contributed by atoms with Crippen LogP contribution in [0.4, 0.5) is 0 Å². The molecule has 3 fully saturated rings. The van der Waals surface area contributed by atoms with Crippen LogP contribution >= 0.6 is 23.2 Å². The van der Waals surface area contributed by atoms with Crippen molar-refractivity contribution in [3.63, 3.8) is 0 Å². The van der Waals surface area contributed by atoms with E-state index in [1.165, 1.54) is 24.8 Å². The van der Waals surface area contributed by atoms with Crippen molar-refractivity contribution in [2.24, 2.45) is 23.7 Å². The Balaban J connectivity index is 1.85. The summed E-state index contributed by atoms with van der Waals surface area (Å²) in [6.45, 7) is 0. The predicted octanol–water partition coefficient (Wildman–Crippen LogP) is 3.48. The normalized spacial score (nSPS) is 45.9. The summed E-state index contributed by atoms with van der Waals surface area (Å²) in [5.41, 5.74) is 3.74. The summed E-state index contributed by atoms with van der Waals surface area (Å²) < 4.78 is 0.480. The third-order valence-corrected chi connectivity index (χ3v) is 5.31. The van der Waals surface area contributed by atoms with Crippen LogP contribution in [0.5, 0.6) is 0 Å². The lowest BCUT2D eigenvalue weighted by Crippen LogP contribution is -2.44. The molecule has 3 aliphatic carbocycles. The highest BCUT2D eigenvalue weighted by atomic mass is 35.5. The van der Waals surface area contributed by atoms with Crippen molar-refractivity contribution in [1.82, 2.24) is 5.48 Å². The van der Waals surface area contributed by atoms with E-state index < -0.39 is 0 Å². The SMILES string of the molecule is ONC1CCCC2C1CC(=C(Cl)Cl)C1CC12. The number of nitrogens with one attached hydrogen (secondary N) is 1. The topological polar surface area (TPSA) is 32.3 Å². The number of hydrogen-bond acceptors (Lipinski definition) is 2. The molecule has 0 amide bonds. The maximum Gasteiger partial charge on any atom is 0.106 e. The molecule has 0 aromatic heterocycles. The van der Waals surface area contributed by atoms with Crippen LogP contribution in [0.15, 0.2) is 10.1 Å². The molecule has 3 aliphatic rings. The summed E-state index contributed by atoms with van der Waals surface area (Å²) in [7, 11) is 0. The zero-order valence-corrected chi connectivity index (χ0v) is 10.6. The predicted molar refractivity (Wildman–Crippen MR) is 64.5 cm³/mol. The van der Waals surface area contributed by atoms with Crippen molar-refractivity contribution in [2.45, 2.75) is 38.1 Å². The molecular weight excluding hydrogens is 245 g/mol. The Morgan fingerprint density at radius 3 is 2.69 bits per heavy atom. The van der Waals surface area contributed by atoms with Crippen LogP contribution in [0.3, 0.4) is 0 Å². The van der Waals surface area contributed by atoms with Gasteiger partial charge in [0.1, 0.15) is 4.49 Å². The third kappa shape index (κ3) is 1.71. The van der Waals surface area contributed by atoms with E-state index >= 15 is 0 Å². The molecule has 0 radical (unpaired) electrons. The summed E-state index contributed by atoms with van der Waals surface area (Å²) in [6, 6.07) is 0.239. The van der Waals surface area contributed by atoms with Gasteiger partial charge in [0.2, 0.25) is 0 Å². The number of hydrogen-bond donors (Lipinski definition) is 2. The molecule has 0 aliphatic heterocycles. The molecule has 0 spiro atoms. The fourth-order valence-corrected chi connectivity index (χ4v) is 4.43. The number of allylic oxidation sites excluding steroid dienone is 1. The van der Waals surface area contributed by atoms with Gasteiger partial charge in [-0.3, -0.25) is 0 Å². The fourth-order valence-electron chi connectivity index (χ4n) is 4.00. The van der Waals surface area contributed by atoms with Gasteiger partial charge >= 0.3 is 0 Å². The van der Waals surface area contributed by atoms with E-state index in [1.807, 2.05) is 0 Å². The summed E-state index contributed by atoms with van der Waals surface area (Å²) in [5.74, 6) is 2.76. The van der Waals surface area contributed by atoms with E-state index in [9.17, 15) is 5.21 Å². The molecule has 2 N–H and O–H groups in total. The van der Waals surface area contributed by atoms with Crippen molar-refractivity contribution in [3.8, 4) is 0 Å². The van der Waals surface area contributed by atoms with Gasteiger partial charge in [-0.25, -0.2) is 5.48 Å². The number of fused-ring (bicyclic) bond motifs is 3. The van der Waals surface area contributed by atoms with Gasteiger partial charge in [-0.05, 0) is 54.9 Å². The minimum atomic E-state index is 0.239. The Kier molecular flexibility index (Phi) is 2.95. The van der Waals surface area contributed by atoms with Gasteiger partial charge in [-0.2, -0.15) is 0 Å². The Bertz CT molecular complexity index is 327. The van der Waals surface area contributed by atoms with Gasteiger partial charge in [0.05, 0.1) is 0 Å². The summed E-state index contributed by atoms with van der Waals surface area (Å²) in [4.78, 5) is 0. The summed E-state index contributed by atoms with van der Waals surface area (Å²) in [6.07, 6.45) is 5.86. The molecule has 5 atom stereocenters. The van der Waals surface area contributed by atoms with Gasteiger partial charge < -0.3 is 5.21 Å². The van der Waals surface area contributed by atoms with Crippen molar-refractivity contribution < 1.29 is 5.21 Å². The Morgan fingerprint density at radius 1 is 1.19 bits per heavy atom. The average Bonchev–Trinajstić information content (AvgIpc) is 3.06. The fraction of sp³-hybridized carbons (Fsp3) is 0.833. The van der Waals surface area contributed by atoms with Gasteiger partial charge in [-0.15, -0.1) is 0 Å². The molecule has 0 heterocycles. The average molecular weight is 262 g/mol. The van der Waals surface area contributed by atoms with E-state index in [4.69, 9.17) is 23.2 Å².